The fourth-order valence-corrected chi connectivity index (χ4v) is 3.01. The molecule has 0 aliphatic rings. The minimum Gasteiger partial charge on any atom is -0.326 e. The summed E-state index contributed by atoms with van der Waals surface area (Å²) in [5, 5.41) is 6.75. The number of hydrogen-bond acceptors (Lipinski definition) is 3. The highest BCUT2D eigenvalue weighted by Crippen LogP contribution is 2.24. The topological polar surface area (TPSA) is 70.6 Å². The number of carbonyl (C=O) groups excluding carboxylic acids is 2. The number of anilines is 1. The third-order valence-corrected chi connectivity index (χ3v) is 4.43. The Hall–Kier alpha value is -3.80. The average Bonchev–Trinajstić information content (AvgIpc) is 2.75. The molecule has 152 valence electrons. The molecule has 0 saturated carbocycles. The van der Waals surface area contributed by atoms with Crippen LogP contribution in [0.4, 0.5) is 10.1 Å². The molecule has 3 aromatic rings. The highest BCUT2D eigenvalue weighted by atomic mass is 19.1. The third-order valence-electron chi connectivity index (χ3n) is 4.43. The number of nitrogens with one attached hydrogen (secondary N) is 2. The molecular formula is C24H22FN3O2. The maximum absolute atomic E-state index is 12.9. The van der Waals surface area contributed by atoms with E-state index in [0.717, 1.165) is 11.1 Å². The lowest BCUT2D eigenvalue weighted by molar-refractivity contribution is -0.121. The van der Waals surface area contributed by atoms with Gasteiger partial charge in [-0.2, -0.15) is 5.10 Å². The predicted octanol–water partition coefficient (Wildman–Crippen LogP) is 4.48. The number of hydrogen-bond donors (Lipinski definition) is 2. The van der Waals surface area contributed by atoms with Crippen LogP contribution in [0.1, 0.15) is 30.4 Å². The summed E-state index contributed by atoms with van der Waals surface area (Å²) in [6, 6.07) is 24.4. The van der Waals surface area contributed by atoms with Gasteiger partial charge >= 0.3 is 0 Å². The Morgan fingerprint density at radius 3 is 1.93 bits per heavy atom. The molecule has 0 fully saturated rings. The van der Waals surface area contributed by atoms with Gasteiger partial charge in [-0.25, -0.2) is 9.82 Å². The van der Waals surface area contributed by atoms with Crippen LogP contribution in [0.2, 0.25) is 0 Å². The summed E-state index contributed by atoms with van der Waals surface area (Å²) in [6.07, 6.45) is -0.000995. The fourth-order valence-electron chi connectivity index (χ4n) is 3.01. The second kappa shape index (κ2) is 10.1. The Bertz CT molecular complexity index is 980. The Labute approximate surface area is 174 Å². The molecule has 0 saturated heterocycles. The first kappa shape index (κ1) is 20.9. The molecule has 3 rings (SSSR count). The van der Waals surface area contributed by atoms with Crippen molar-refractivity contribution in [3.05, 3.63) is 102 Å². The first-order chi connectivity index (χ1) is 14.5. The molecular weight excluding hydrogens is 381 g/mol. The van der Waals surface area contributed by atoms with E-state index >= 15 is 0 Å². The van der Waals surface area contributed by atoms with Crippen molar-refractivity contribution in [3.8, 4) is 0 Å². The van der Waals surface area contributed by atoms with Crippen LogP contribution >= 0.6 is 0 Å². The van der Waals surface area contributed by atoms with Crippen LogP contribution < -0.4 is 10.7 Å². The maximum atomic E-state index is 12.9. The van der Waals surface area contributed by atoms with Crippen LogP contribution in [0.15, 0.2) is 90.0 Å². The van der Waals surface area contributed by atoms with Crippen LogP contribution in [-0.2, 0) is 9.59 Å². The molecule has 0 atom stereocenters. The van der Waals surface area contributed by atoms with Crippen LogP contribution in [0, 0.1) is 5.82 Å². The van der Waals surface area contributed by atoms with Crippen molar-refractivity contribution in [2.24, 2.45) is 5.10 Å². The lowest BCUT2D eigenvalue weighted by Gasteiger charge is -2.16. The van der Waals surface area contributed by atoms with Gasteiger partial charge < -0.3 is 5.32 Å². The zero-order valence-electron chi connectivity index (χ0n) is 16.5. The van der Waals surface area contributed by atoms with Crippen molar-refractivity contribution in [3.63, 3.8) is 0 Å². The highest BCUT2D eigenvalue weighted by Gasteiger charge is 2.22. The van der Waals surface area contributed by atoms with E-state index in [4.69, 9.17) is 0 Å². The maximum Gasteiger partial charge on any atom is 0.252 e. The SMILES string of the molecule is CC(CC(=O)Nc1ccc(F)cc1)=NNC(=O)C(c1ccccc1)c1ccccc1. The molecule has 0 heterocycles. The van der Waals surface area contributed by atoms with Crippen LogP contribution in [0.25, 0.3) is 0 Å². The molecule has 0 aliphatic heterocycles. The monoisotopic (exact) mass is 403 g/mol. The summed E-state index contributed by atoms with van der Waals surface area (Å²) in [5.74, 6) is -1.48. The Kier molecular flexibility index (Phi) is 7.05. The lowest BCUT2D eigenvalue weighted by atomic mass is 9.91. The summed E-state index contributed by atoms with van der Waals surface area (Å²) in [6.45, 7) is 1.66. The largest absolute Gasteiger partial charge is 0.326 e. The number of halogens is 1. The molecule has 6 heteroatoms. The highest BCUT2D eigenvalue weighted by molar-refractivity contribution is 6.05. The zero-order chi connectivity index (χ0) is 21.3. The van der Waals surface area contributed by atoms with Gasteiger partial charge in [-0.05, 0) is 42.3 Å². The van der Waals surface area contributed by atoms with Crippen molar-refractivity contribution < 1.29 is 14.0 Å². The third kappa shape index (κ3) is 5.85. The van der Waals surface area contributed by atoms with Crippen molar-refractivity contribution >= 4 is 23.2 Å². The number of carbonyl (C=O) groups is 2. The van der Waals surface area contributed by atoms with Gasteiger partial charge in [0.05, 0.1) is 12.3 Å². The zero-order valence-corrected chi connectivity index (χ0v) is 16.5. The predicted molar refractivity (Wildman–Crippen MR) is 116 cm³/mol. The molecule has 0 radical (unpaired) electrons. The van der Waals surface area contributed by atoms with E-state index in [0.29, 0.717) is 11.4 Å². The molecule has 3 aromatic carbocycles. The van der Waals surface area contributed by atoms with Gasteiger partial charge in [-0.1, -0.05) is 60.7 Å². The number of benzene rings is 3. The molecule has 0 bridgehead atoms. The summed E-state index contributed by atoms with van der Waals surface area (Å²) >= 11 is 0. The van der Waals surface area contributed by atoms with E-state index in [1.54, 1.807) is 6.92 Å². The Morgan fingerprint density at radius 2 is 1.40 bits per heavy atom. The molecule has 0 aromatic heterocycles. The van der Waals surface area contributed by atoms with Crippen molar-refractivity contribution in [2.75, 3.05) is 5.32 Å². The summed E-state index contributed by atoms with van der Waals surface area (Å²) in [4.78, 5) is 25.0. The second-order valence-corrected chi connectivity index (χ2v) is 6.81. The Morgan fingerprint density at radius 1 is 0.867 bits per heavy atom. The van der Waals surface area contributed by atoms with Gasteiger partial charge in [0.1, 0.15) is 5.82 Å². The average molecular weight is 403 g/mol. The summed E-state index contributed by atoms with van der Waals surface area (Å²) in [7, 11) is 0. The molecule has 0 unspecified atom stereocenters. The molecule has 0 spiro atoms. The van der Waals surface area contributed by atoms with E-state index in [1.165, 1.54) is 24.3 Å². The van der Waals surface area contributed by atoms with Crippen molar-refractivity contribution in [2.45, 2.75) is 19.3 Å². The molecule has 2 N–H and O–H groups in total. The summed E-state index contributed by atoms with van der Waals surface area (Å²) in [5.41, 5.74) is 5.21. The van der Waals surface area contributed by atoms with Gasteiger partial charge in [-0.15, -0.1) is 0 Å². The number of rotatable bonds is 7. The van der Waals surface area contributed by atoms with E-state index < -0.39 is 5.92 Å². The standard InChI is InChI=1S/C24H22FN3O2/c1-17(16-22(29)26-21-14-12-20(25)13-15-21)27-28-24(30)23(18-8-4-2-5-9-18)19-10-6-3-7-11-19/h2-15,23H,16H2,1H3,(H,26,29)(H,28,30). The van der Waals surface area contributed by atoms with Gasteiger partial charge in [0.25, 0.3) is 5.91 Å². The first-order valence-corrected chi connectivity index (χ1v) is 9.51. The smallest absolute Gasteiger partial charge is 0.252 e. The van der Waals surface area contributed by atoms with Gasteiger partial charge in [0.15, 0.2) is 0 Å². The van der Waals surface area contributed by atoms with Crippen molar-refractivity contribution in [1.29, 1.82) is 0 Å². The minimum atomic E-state index is -0.517. The van der Waals surface area contributed by atoms with Gasteiger partial charge in [0, 0.05) is 11.4 Å². The number of hydrazone groups is 1. The molecule has 30 heavy (non-hydrogen) atoms. The van der Waals surface area contributed by atoms with E-state index in [-0.39, 0.29) is 24.1 Å². The van der Waals surface area contributed by atoms with E-state index in [2.05, 4.69) is 15.8 Å². The fraction of sp³-hybridized carbons (Fsp3) is 0.125. The molecule has 5 nitrogen and oxygen atoms in total. The number of nitrogens with zero attached hydrogens (tertiary/aromatic N) is 1. The minimum absolute atomic E-state index is 0.000995. The van der Waals surface area contributed by atoms with Crippen LogP contribution in [-0.4, -0.2) is 17.5 Å². The first-order valence-electron chi connectivity index (χ1n) is 9.51. The second-order valence-electron chi connectivity index (χ2n) is 6.81. The lowest BCUT2D eigenvalue weighted by Crippen LogP contribution is -2.27. The molecule has 0 aliphatic carbocycles. The normalized spacial score (nSPS) is 11.2. The van der Waals surface area contributed by atoms with E-state index in [1.807, 2.05) is 60.7 Å². The number of amides is 2. The van der Waals surface area contributed by atoms with E-state index in [9.17, 15) is 14.0 Å². The Balaban J connectivity index is 1.65. The van der Waals surface area contributed by atoms with Gasteiger partial charge in [-0.3, -0.25) is 9.59 Å². The summed E-state index contributed by atoms with van der Waals surface area (Å²) < 4.78 is 12.9. The van der Waals surface area contributed by atoms with Crippen molar-refractivity contribution in [1.82, 2.24) is 5.43 Å². The quantitative estimate of drug-likeness (QED) is 0.451. The van der Waals surface area contributed by atoms with Crippen LogP contribution in [0.3, 0.4) is 0 Å². The van der Waals surface area contributed by atoms with Gasteiger partial charge in [0.2, 0.25) is 5.91 Å². The molecule has 2 amide bonds. The van der Waals surface area contributed by atoms with Crippen LogP contribution in [0.5, 0.6) is 0 Å².